The summed E-state index contributed by atoms with van der Waals surface area (Å²) in [6.45, 7) is 1.25. The van der Waals surface area contributed by atoms with Crippen molar-refractivity contribution in [2.75, 3.05) is 6.61 Å². The molecule has 1 saturated heterocycles. The number of aliphatic hydroxyl groups is 3. The molecule has 1 aromatic carbocycles. The van der Waals surface area contributed by atoms with Crippen LogP contribution in [0.5, 0.6) is 5.75 Å². The van der Waals surface area contributed by atoms with Crippen molar-refractivity contribution in [3.63, 3.8) is 0 Å². The van der Waals surface area contributed by atoms with Crippen molar-refractivity contribution in [3.05, 3.63) is 28.2 Å². The molecule has 20 heavy (non-hydrogen) atoms. The Balaban J connectivity index is 2.15. The summed E-state index contributed by atoms with van der Waals surface area (Å²) < 4.78 is 25.4. The average molecular weight is 351 g/mol. The molecule has 0 saturated carbocycles. The SMILES string of the molecule is Cc1cc(Br)ccc1O[C@H]1O[C@H](CO)[C@@H](O)[C@H](O)[C@@H]1F. The minimum atomic E-state index is -1.91. The van der Waals surface area contributed by atoms with E-state index in [1.165, 1.54) is 0 Å². The topological polar surface area (TPSA) is 79.2 Å². The maximum Gasteiger partial charge on any atom is 0.234 e. The van der Waals surface area contributed by atoms with Crippen LogP contribution in [0, 0.1) is 6.92 Å². The summed E-state index contributed by atoms with van der Waals surface area (Å²) >= 11 is 3.30. The molecular weight excluding hydrogens is 335 g/mol. The maximum absolute atomic E-state index is 13.9. The maximum atomic E-state index is 13.9. The largest absolute Gasteiger partial charge is 0.461 e. The molecule has 0 radical (unpaired) electrons. The number of aryl methyl sites for hydroxylation is 1. The van der Waals surface area contributed by atoms with Crippen molar-refractivity contribution in [1.29, 1.82) is 0 Å². The summed E-state index contributed by atoms with van der Waals surface area (Å²) in [5.41, 5.74) is 0.760. The highest BCUT2D eigenvalue weighted by Gasteiger charge is 2.46. The van der Waals surface area contributed by atoms with Gasteiger partial charge in [-0.2, -0.15) is 0 Å². The van der Waals surface area contributed by atoms with Gasteiger partial charge in [0.05, 0.1) is 6.61 Å². The lowest BCUT2D eigenvalue weighted by Gasteiger charge is -2.38. The lowest BCUT2D eigenvalue weighted by molar-refractivity contribution is -0.262. The first-order chi connectivity index (χ1) is 9.43. The highest BCUT2D eigenvalue weighted by molar-refractivity contribution is 9.10. The van der Waals surface area contributed by atoms with E-state index in [1.807, 2.05) is 0 Å². The zero-order valence-corrected chi connectivity index (χ0v) is 12.3. The molecule has 7 heteroatoms. The van der Waals surface area contributed by atoms with Gasteiger partial charge in [-0.25, -0.2) is 4.39 Å². The van der Waals surface area contributed by atoms with Crippen LogP contribution in [0.1, 0.15) is 5.56 Å². The van der Waals surface area contributed by atoms with Gasteiger partial charge in [-0.1, -0.05) is 15.9 Å². The Morgan fingerprint density at radius 2 is 2.05 bits per heavy atom. The summed E-state index contributed by atoms with van der Waals surface area (Å²) in [5.74, 6) is 0.404. The Bertz CT molecular complexity index is 470. The molecule has 1 heterocycles. The van der Waals surface area contributed by atoms with E-state index in [9.17, 15) is 14.6 Å². The molecule has 0 aromatic heterocycles. The molecule has 1 fully saturated rings. The number of hydrogen-bond acceptors (Lipinski definition) is 5. The average Bonchev–Trinajstić information content (AvgIpc) is 2.42. The highest BCUT2D eigenvalue weighted by Crippen LogP contribution is 2.29. The summed E-state index contributed by atoms with van der Waals surface area (Å²) in [7, 11) is 0. The minimum absolute atomic E-state index is 0.404. The van der Waals surface area contributed by atoms with Crippen molar-refractivity contribution in [3.8, 4) is 5.75 Å². The van der Waals surface area contributed by atoms with E-state index in [2.05, 4.69) is 15.9 Å². The Morgan fingerprint density at radius 1 is 1.35 bits per heavy atom. The molecule has 0 spiro atoms. The predicted octanol–water partition coefficient (Wildman–Crippen LogP) is 0.913. The van der Waals surface area contributed by atoms with Crippen LogP contribution in [0.15, 0.2) is 22.7 Å². The summed E-state index contributed by atoms with van der Waals surface area (Å²) in [6, 6.07) is 5.16. The summed E-state index contributed by atoms with van der Waals surface area (Å²) in [6.07, 6.45) is -7.53. The molecule has 0 unspecified atom stereocenters. The zero-order chi connectivity index (χ0) is 14.9. The van der Waals surface area contributed by atoms with E-state index < -0.39 is 37.4 Å². The molecule has 1 aliphatic rings. The van der Waals surface area contributed by atoms with Gasteiger partial charge in [0.2, 0.25) is 6.29 Å². The fourth-order valence-corrected chi connectivity index (χ4v) is 2.49. The van der Waals surface area contributed by atoms with Crippen LogP contribution in [0.4, 0.5) is 4.39 Å². The third kappa shape index (κ3) is 3.12. The molecule has 112 valence electrons. The fourth-order valence-electron chi connectivity index (χ4n) is 2.01. The van der Waals surface area contributed by atoms with Crippen LogP contribution in [0.2, 0.25) is 0 Å². The van der Waals surface area contributed by atoms with Crippen LogP contribution in [0.3, 0.4) is 0 Å². The molecule has 3 N–H and O–H groups in total. The molecule has 1 aliphatic heterocycles. The lowest BCUT2D eigenvalue weighted by atomic mass is 10.0. The monoisotopic (exact) mass is 350 g/mol. The van der Waals surface area contributed by atoms with Gasteiger partial charge in [0.25, 0.3) is 0 Å². The normalized spacial score (nSPS) is 34.0. The molecule has 0 aliphatic carbocycles. The number of aliphatic hydroxyl groups excluding tert-OH is 3. The van der Waals surface area contributed by atoms with Crippen LogP contribution < -0.4 is 4.74 Å². The molecule has 0 amide bonds. The van der Waals surface area contributed by atoms with Crippen LogP contribution in [-0.4, -0.2) is 52.7 Å². The smallest absolute Gasteiger partial charge is 0.234 e. The van der Waals surface area contributed by atoms with Gasteiger partial charge < -0.3 is 24.8 Å². The fraction of sp³-hybridized carbons (Fsp3) is 0.538. The number of hydrogen-bond donors (Lipinski definition) is 3. The van der Waals surface area contributed by atoms with Crippen molar-refractivity contribution < 1.29 is 29.2 Å². The number of alkyl halides is 1. The Labute approximate surface area is 124 Å². The van der Waals surface area contributed by atoms with Crippen LogP contribution in [-0.2, 0) is 4.74 Å². The molecule has 2 rings (SSSR count). The van der Waals surface area contributed by atoms with E-state index in [4.69, 9.17) is 14.6 Å². The number of benzene rings is 1. The van der Waals surface area contributed by atoms with Gasteiger partial charge in [-0.15, -0.1) is 0 Å². The molecule has 5 atom stereocenters. The van der Waals surface area contributed by atoms with Crippen molar-refractivity contribution in [1.82, 2.24) is 0 Å². The van der Waals surface area contributed by atoms with Gasteiger partial charge in [0.15, 0.2) is 6.17 Å². The Morgan fingerprint density at radius 3 is 2.65 bits per heavy atom. The second-order valence-corrected chi connectivity index (χ2v) is 5.59. The summed E-state index contributed by atoms with van der Waals surface area (Å²) in [5, 5.41) is 28.2. The number of halogens is 2. The first-order valence-corrected chi connectivity index (χ1v) is 6.92. The molecular formula is C13H16BrFO5. The minimum Gasteiger partial charge on any atom is -0.461 e. The Hall–Kier alpha value is -0.730. The van der Waals surface area contributed by atoms with Gasteiger partial charge in [0, 0.05) is 4.47 Å². The molecule has 1 aromatic rings. The lowest BCUT2D eigenvalue weighted by Crippen LogP contribution is -2.58. The quantitative estimate of drug-likeness (QED) is 0.755. The van der Waals surface area contributed by atoms with Gasteiger partial charge in [-0.05, 0) is 30.7 Å². The van der Waals surface area contributed by atoms with Gasteiger partial charge in [-0.3, -0.25) is 0 Å². The second kappa shape index (κ2) is 6.36. The van der Waals surface area contributed by atoms with Gasteiger partial charge in [0.1, 0.15) is 24.1 Å². The van der Waals surface area contributed by atoms with Crippen molar-refractivity contribution in [2.45, 2.75) is 37.7 Å². The van der Waals surface area contributed by atoms with Crippen LogP contribution in [0.25, 0.3) is 0 Å². The van der Waals surface area contributed by atoms with E-state index >= 15 is 0 Å². The third-order valence-electron chi connectivity index (χ3n) is 3.19. The first-order valence-electron chi connectivity index (χ1n) is 6.13. The predicted molar refractivity (Wildman–Crippen MR) is 72.2 cm³/mol. The second-order valence-electron chi connectivity index (χ2n) is 4.68. The van der Waals surface area contributed by atoms with E-state index in [1.54, 1.807) is 25.1 Å². The number of rotatable bonds is 3. The Kier molecular flexibility index (Phi) is 4.98. The van der Waals surface area contributed by atoms with Crippen LogP contribution >= 0.6 is 15.9 Å². The molecule has 0 bridgehead atoms. The van der Waals surface area contributed by atoms with E-state index in [0.29, 0.717) is 5.75 Å². The first kappa shape index (κ1) is 15.7. The standard InChI is InChI=1S/C13H16BrFO5/c1-6-4-7(14)2-3-8(6)19-13-10(15)12(18)11(17)9(5-16)20-13/h2-4,9-13,16-18H,5H2,1H3/t9-,10+,11-,12-,13+/m1/s1. The highest BCUT2D eigenvalue weighted by atomic mass is 79.9. The zero-order valence-electron chi connectivity index (χ0n) is 10.7. The molecule has 5 nitrogen and oxygen atoms in total. The third-order valence-corrected chi connectivity index (χ3v) is 3.68. The van der Waals surface area contributed by atoms with E-state index in [0.717, 1.165) is 10.0 Å². The number of ether oxygens (including phenoxy) is 2. The van der Waals surface area contributed by atoms with Crippen molar-refractivity contribution >= 4 is 15.9 Å². The van der Waals surface area contributed by atoms with Gasteiger partial charge >= 0.3 is 0 Å². The van der Waals surface area contributed by atoms with Crippen molar-refractivity contribution in [2.24, 2.45) is 0 Å². The van der Waals surface area contributed by atoms with E-state index in [-0.39, 0.29) is 0 Å². The summed E-state index contributed by atoms with van der Waals surface area (Å²) in [4.78, 5) is 0.